The van der Waals surface area contributed by atoms with Crippen LogP contribution in [-0.4, -0.2) is 22.3 Å². The topological polar surface area (TPSA) is 47.1 Å². The maximum Gasteiger partial charge on any atom is 0.280 e. The first-order chi connectivity index (χ1) is 11.8. The Morgan fingerprint density at radius 3 is 2.67 bits per heavy atom. The van der Waals surface area contributed by atoms with Crippen molar-refractivity contribution in [2.24, 2.45) is 0 Å². The van der Waals surface area contributed by atoms with Gasteiger partial charge >= 0.3 is 0 Å². The van der Waals surface area contributed by atoms with Crippen molar-refractivity contribution in [3.8, 4) is 0 Å². The Bertz CT molecular complexity index is 983. The molecule has 0 unspecified atom stereocenters. The largest absolute Gasteiger partial charge is 0.368 e. The van der Waals surface area contributed by atoms with Crippen LogP contribution in [0, 0.1) is 0 Å². The number of para-hydroxylation sites is 1. The zero-order valence-corrected chi connectivity index (χ0v) is 13.3. The van der Waals surface area contributed by atoms with Gasteiger partial charge in [-0.05, 0) is 24.6 Å². The van der Waals surface area contributed by atoms with E-state index in [9.17, 15) is 4.79 Å². The van der Waals surface area contributed by atoms with Crippen LogP contribution >= 0.6 is 0 Å². The highest BCUT2D eigenvalue weighted by Crippen LogP contribution is 2.43. The third-order valence-corrected chi connectivity index (χ3v) is 4.93. The lowest BCUT2D eigenvalue weighted by atomic mass is 10.1. The van der Waals surface area contributed by atoms with Gasteiger partial charge in [0.25, 0.3) is 5.56 Å². The van der Waals surface area contributed by atoms with E-state index in [1.807, 2.05) is 49.4 Å². The Morgan fingerprint density at radius 2 is 1.83 bits per heavy atom. The van der Waals surface area contributed by atoms with Crippen LogP contribution in [0.4, 0.5) is 0 Å². The molecule has 0 aliphatic carbocycles. The van der Waals surface area contributed by atoms with Gasteiger partial charge in [-0.1, -0.05) is 42.5 Å². The molecule has 0 radical (unpaired) electrons. The lowest BCUT2D eigenvalue weighted by molar-refractivity contribution is 0.0650. The molecule has 24 heavy (non-hydrogen) atoms. The van der Waals surface area contributed by atoms with E-state index < -0.39 is 0 Å². The van der Waals surface area contributed by atoms with Gasteiger partial charge < -0.3 is 4.74 Å². The van der Waals surface area contributed by atoms with Gasteiger partial charge in [-0.3, -0.25) is 9.80 Å². The van der Waals surface area contributed by atoms with Crippen molar-refractivity contribution < 1.29 is 4.74 Å². The Labute approximate surface area is 139 Å². The number of hydrogen-bond acceptors (Lipinski definition) is 4. The standard InChI is InChI=1S/C19H17N3O2/c1-12-18-20-15-10-6-5-9-14(15)19(23)22(18)21-16(11-24-12)17(21)13-7-3-2-4-8-13/h2-10,12,16-17H,11H2,1H3/t12-,16-,17-,21?/m0/s1. The highest BCUT2D eigenvalue weighted by molar-refractivity contribution is 5.77. The molecule has 3 aromatic rings. The fraction of sp³-hybridized carbons (Fsp3) is 0.263. The number of ether oxygens (including phenoxy) is 1. The smallest absolute Gasteiger partial charge is 0.280 e. The molecule has 2 aliphatic heterocycles. The molecule has 0 amide bonds. The minimum absolute atomic E-state index is 0.0172. The Hall–Kier alpha value is -2.66. The van der Waals surface area contributed by atoms with E-state index >= 15 is 0 Å². The molecular weight excluding hydrogens is 302 g/mol. The molecule has 5 heteroatoms. The van der Waals surface area contributed by atoms with Crippen LogP contribution in [0.5, 0.6) is 0 Å². The summed E-state index contributed by atoms with van der Waals surface area (Å²) < 4.78 is 7.71. The summed E-state index contributed by atoms with van der Waals surface area (Å²) in [6, 6.07) is 18.1. The van der Waals surface area contributed by atoms with Crippen molar-refractivity contribution in [2.45, 2.75) is 25.1 Å². The van der Waals surface area contributed by atoms with Gasteiger partial charge in [-0.25, -0.2) is 9.66 Å². The summed E-state index contributed by atoms with van der Waals surface area (Å²) in [5, 5.41) is 2.75. The molecular formula is C19H17N3O2. The Balaban J connectivity index is 1.72. The number of aromatic nitrogens is 2. The average molecular weight is 319 g/mol. The highest BCUT2D eigenvalue weighted by Gasteiger charge is 2.52. The van der Waals surface area contributed by atoms with Gasteiger partial charge in [0.2, 0.25) is 0 Å². The van der Waals surface area contributed by atoms with E-state index in [1.165, 1.54) is 5.56 Å². The monoisotopic (exact) mass is 319 g/mol. The van der Waals surface area contributed by atoms with E-state index in [2.05, 4.69) is 17.1 Å². The molecule has 3 atom stereocenters. The van der Waals surface area contributed by atoms with Crippen molar-refractivity contribution in [3.63, 3.8) is 0 Å². The molecule has 1 saturated heterocycles. The van der Waals surface area contributed by atoms with Crippen molar-refractivity contribution in [3.05, 3.63) is 76.3 Å². The second-order valence-electron chi connectivity index (χ2n) is 6.38. The molecule has 0 spiro atoms. The van der Waals surface area contributed by atoms with Gasteiger partial charge in [-0.15, -0.1) is 0 Å². The number of hydrogen-bond donors (Lipinski definition) is 0. The first kappa shape index (κ1) is 13.7. The second-order valence-corrected chi connectivity index (χ2v) is 6.38. The van der Waals surface area contributed by atoms with Gasteiger partial charge in [0, 0.05) is 0 Å². The van der Waals surface area contributed by atoms with E-state index in [1.54, 1.807) is 4.68 Å². The summed E-state index contributed by atoms with van der Waals surface area (Å²) in [7, 11) is 0. The molecule has 0 bridgehead atoms. The summed E-state index contributed by atoms with van der Waals surface area (Å²) >= 11 is 0. The van der Waals surface area contributed by atoms with Crippen LogP contribution in [-0.2, 0) is 4.74 Å². The zero-order chi connectivity index (χ0) is 16.3. The molecule has 2 aromatic carbocycles. The Kier molecular flexibility index (Phi) is 2.82. The summed E-state index contributed by atoms with van der Waals surface area (Å²) in [5.74, 6) is 0.680. The second kappa shape index (κ2) is 4.92. The predicted molar refractivity (Wildman–Crippen MR) is 91.6 cm³/mol. The van der Waals surface area contributed by atoms with Crippen molar-refractivity contribution in [1.29, 1.82) is 0 Å². The molecule has 2 aliphatic rings. The van der Waals surface area contributed by atoms with Crippen molar-refractivity contribution >= 4 is 10.9 Å². The van der Waals surface area contributed by atoms with E-state index in [-0.39, 0.29) is 23.7 Å². The molecule has 1 fully saturated rings. The van der Waals surface area contributed by atoms with Gasteiger partial charge in [0.1, 0.15) is 6.10 Å². The molecule has 0 saturated carbocycles. The minimum atomic E-state index is -0.202. The summed E-state index contributed by atoms with van der Waals surface area (Å²) in [6.07, 6.45) is -0.202. The first-order valence-corrected chi connectivity index (χ1v) is 8.22. The molecule has 5 nitrogen and oxygen atoms in total. The van der Waals surface area contributed by atoms with Crippen LogP contribution in [0.1, 0.15) is 30.5 Å². The molecule has 1 aromatic heterocycles. The van der Waals surface area contributed by atoms with E-state index in [4.69, 9.17) is 9.72 Å². The molecule has 120 valence electrons. The molecule has 5 rings (SSSR count). The van der Waals surface area contributed by atoms with Crippen LogP contribution in [0.3, 0.4) is 0 Å². The lowest BCUT2D eigenvalue weighted by Gasteiger charge is -2.18. The van der Waals surface area contributed by atoms with Crippen LogP contribution < -0.4 is 10.6 Å². The number of fused-ring (bicyclic) bond motifs is 4. The maximum atomic E-state index is 13.1. The fourth-order valence-corrected chi connectivity index (χ4v) is 3.68. The number of nitrogens with zero attached hydrogens (tertiary/aromatic N) is 3. The number of rotatable bonds is 1. The average Bonchev–Trinajstić information content (AvgIpc) is 3.35. The van der Waals surface area contributed by atoms with Crippen molar-refractivity contribution in [1.82, 2.24) is 9.66 Å². The third-order valence-electron chi connectivity index (χ3n) is 4.93. The summed E-state index contributed by atoms with van der Waals surface area (Å²) in [6.45, 7) is 2.55. The quantitative estimate of drug-likeness (QED) is 0.647. The molecule has 3 heterocycles. The third kappa shape index (κ3) is 1.85. The van der Waals surface area contributed by atoms with Gasteiger partial charge in [0.15, 0.2) is 5.82 Å². The van der Waals surface area contributed by atoms with E-state index in [0.717, 1.165) is 5.52 Å². The van der Waals surface area contributed by atoms with Gasteiger partial charge in [-0.2, -0.15) is 0 Å². The number of benzene rings is 2. The first-order valence-electron chi connectivity index (χ1n) is 8.22. The zero-order valence-electron chi connectivity index (χ0n) is 13.3. The predicted octanol–water partition coefficient (Wildman–Crippen LogP) is 2.55. The highest BCUT2D eigenvalue weighted by atomic mass is 16.5. The summed E-state index contributed by atoms with van der Waals surface area (Å²) in [5.41, 5.74) is 1.91. The van der Waals surface area contributed by atoms with Crippen LogP contribution in [0.15, 0.2) is 59.4 Å². The van der Waals surface area contributed by atoms with Crippen LogP contribution in [0.25, 0.3) is 10.9 Å². The van der Waals surface area contributed by atoms with Crippen molar-refractivity contribution in [2.75, 3.05) is 11.6 Å². The van der Waals surface area contributed by atoms with Crippen LogP contribution in [0.2, 0.25) is 0 Å². The minimum Gasteiger partial charge on any atom is -0.368 e. The summed E-state index contributed by atoms with van der Waals surface area (Å²) in [4.78, 5) is 17.8. The van der Waals surface area contributed by atoms with E-state index in [0.29, 0.717) is 17.8 Å². The Morgan fingerprint density at radius 1 is 1.08 bits per heavy atom. The SMILES string of the molecule is C[C@@H]1OC[C@H]2[C@H](c3ccccc3)N2n2c1nc1ccccc1c2=O. The molecule has 0 N–H and O–H groups in total. The normalized spacial score (nSPS) is 25.0. The fourth-order valence-electron chi connectivity index (χ4n) is 3.68. The van der Waals surface area contributed by atoms with Gasteiger partial charge in [0.05, 0.1) is 29.6 Å². The lowest BCUT2D eigenvalue weighted by Crippen LogP contribution is -2.34. The maximum absolute atomic E-state index is 13.1.